The molecular formula is C18H18ClN3O2S. The summed E-state index contributed by atoms with van der Waals surface area (Å²) in [6.45, 7) is 3.79. The van der Waals surface area contributed by atoms with E-state index < -0.39 is 4.87 Å². The summed E-state index contributed by atoms with van der Waals surface area (Å²) in [4.78, 5) is 16.6. The number of ether oxygens (including phenoxy) is 1. The van der Waals surface area contributed by atoms with Gasteiger partial charge in [-0.1, -0.05) is 53.7 Å². The summed E-state index contributed by atoms with van der Waals surface area (Å²) in [5.41, 5.74) is 3.89. The van der Waals surface area contributed by atoms with Gasteiger partial charge in [-0.3, -0.25) is 10.2 Å². The Kier molecular flexibility index (Phi) is 5.20. The first-order valence-corrected chi connectivity index (χ1v) is 8.95. The molecule has 1 N–H and O–H groups in total. The van der Waals surface area contributed by atoms with Gasteiger partial charge in [0.1, 0.15) is 10.6 Å². The maximum atomic E-state index is 12.6. The number of thioether (sulfide) groups is 1. The number of halogens is 1. The number of para-hydroxylation sites is 2. The van der Waals surface area contributed by atoms with Crippen molar-refractivity contribution < 1.29 is 9.53 Å². The summed E-state index contributed by atoms with van der Waals surface area (Å²) in [7, 11) is 0. The average Bonchev–Trinajstić information content (AvgIpc) is 2.89. The lowest BCUT2D eigenvalue weighted by atomic mass is 10.3. The van der Waals surface area contributed by atoms with Crippen LogP contribution in [0.4, 0.5) is 5.69 Å². The molecule has 2 aromatic rings. The fourth-order valence-electron chi connectivity index (χ4n) is 2.33. The first kappa shape index (κ1) is 17.6. The van der Waals surface area contributed by atoms with Crippen LogP contribution in [0, 0.1) is 0 Å². The molecule has 0 saturated carbocycles. The molecule has 0 spiro atoms. The molecule has 25 heavy (non-hydrogen) atoms. The van der Waals surface area contributed by atoms with Gasteiger partial charge >= 0.3 is 0 Å². The molecule has 5 nitrogen and oxygen atoms in total. The van der Waals surface area contributed by atoms with Gasteiger partial charge in [0.25, 0.3) is 5.91 Å². The Morgan fingerprint density at radius 2 is 1.88 bits per heavy atom. The zero-order valence-corrected chi connectivity index (χ0v) is 15.5. The average molecular weight is 376 g/mol. The third-order valence-electron chi connectivity index (χ3n) is 3.52. The zero-order valence-electron chi connectivity index (χ0n) is 13.9. The number of hydrogen-bond acceptors (Lipinski definition) is 4. The van der Waals surface area contributed by atoms with Crippen LogP contribution in [0.5, 0.6) is 5.75 Å². The molecule has 1 amide bonds. The second kappa shape index (κ2) is 7.37. The largest absolute Gasteiger partial charge is 0.482 e. The molecule has 1 saturated heterocycles. The maximum absolute atomic E-state index is 12.6. The van der Waals surface area contributed by atoms with Crippen LogP contribution in [0.15, 0.2) is 59.6 Å². The van der Waals surface area contributed by atoms with E-state index in [0.717, 1.165) is 5.69 Å². The number of hydrogen-bond donors (Lipinski definition) is 1. The summed E-state index contributed by atoms with van der Waals surface area (Å²) in [5, 5.41) is 2.68. The van der Waals surface area contributed by atoms with Gasteiger partial charge < -0.3 is 4.74 Å². The molecular weight excluding hydrogens is 358 g/mol. The Morgan fingerprint density at radius 3 is 2.60 bits per heavy atom. The number of nitrogens with one attached hydrogen (secondary N) is 1. The maximum Gasteiger partial charge on any atom is 0.280 e. The highest BCUT2D eigenvalue weighted by Gasteiger charge is 2.40. The minimum Gasteiger partial charge on any atom is -0.482 e. The number of amidine groups is 1. The lowest BCUT2D eigenvalue weighted by Gasteiger charge is -2.28. The van der Waals surface area contributed by atoms with Crippen LogP contribution in [-0.2, 0) is 4.79 Å². The molecule has 7 heteroatoms. The first-order chi connectivity index (χ1) is 12.0. The summed E-state index contributed by atoms with van der Waals surface area (Å²) >= 11 is 7.53. The summed E-state index contributed by atoms with van der Waals surface area (Å²) in [6.07, 6.45) is 0. The smallest absolute Gasteiger partial charge is 0.280 e. The number of hydrazine groups is 1. The minimum absolute atomic E-state index is 0.112. The second-order valence-electron chi connectivity index (χ2n) is 5.86. The third-order valence-corrected chi connectivity index (χ3v) is 4.89. The topological polar surface area (TPSA) is 53.9 Å². The molecule has 1 fully saturated rings. The van der Waals surface area contributed by atoms with Crippen LogP contribution in [-0.4, -0.2) is 27.6 Å². The summed E-state index contributed by atoms with van der Waals surface area (Å²) in [6, 6.07) is 16.7. The fourth-order valence-corrected chi connectivity index (χ4v) is 3.52. The highest BCUT2D eigenvalue weighted by molar-refractivity contribution is 8.15. The first-order valence-electron chi connectivity index (χ1n) is 7.75. The number of carbonyl (C=O) groups is 1. The quantitative estimate of drug-likeness (QED) is 0.869. The molecule has 0 atom stereocenters. The molecule has 1 heterocycles. The van der Waals surface area contributed by atoms with E-state index in [1.807, 2.05) is 56.3 Å². The molecule has 3 rings (SSSR count). The molecule has 130 valence electrons. The van der Waals surface area contributed by atoms with Gasteiger partial charge in [-0.15, -0.1) is 0 Å². The van der Waals surface area contributed by atoms with Gasteiger partial charge in [-0.05, 0) is 38.1 Å². The molecule has 0 aliphatic carbocycles. The summed E-state index contributed by atoms with van der Waals surface area (Å²) < 4.78 is 5.55. The predicted molar refractivity (Wildman–Crippen MR) is 102 cm³/mol. The summed E-state index contributed by atoms with van der Waals surface area (Å²) in [5.74, 6) is 0.288. The lowest BCUT2D eigenvalue weighted by molar-refractivity contribution is -0.137. The van der Waals surface area contributed by atoms with Crippen LogP contribution in [0.2, 0.25) is 5.02 Å². The number of benzene rings is 2. The van der Waals surface area contributed by atoms with E-state index in [1.54, 1.807) is 12.1 Å². The zero-order chi connectivity index (χ0) is 17.9. The normalized spacial score (nSPS) is 17.4. The van der Waals surface area contributed by atoms with Crippen LogP contribution >= 0.6 is 23.4 Å². The van der Waals surface area contributed by atoms with Crippen molar-refractivity contribution in [2.24, 2.45) is 4.99 Å². The molecule has 0 bridgehead atoms. The Bertz CT molecular complexity index is 796. The van der Waals surface area contributed by atoms with Gasteiger partial charge in [0.2, 0.25) is 0 Å². The van der Waals surface area contributed by atoms with E-state index in [4.69, 9.17) is 16.3 Å². The Labute approximate surface area is 156 Å². The van der Waals surface area contributed by atoms with Gasteiger partial charge in [-0.25, -0.2) is 10.0 Å². The van der Waals surface area contributed by atoms with E-state index >= 15 is 0 Å². The number of nitrogens with zero attached hydrogens (tertiary/aromatic N) is 2. The van der Waals surface area contributed by atoms with Crippen molar-refractivity contribution in [3.05, 3.63) is 59.6 Å². The van der Waals surface area contributed by atoms with Crippen molar-refractivity contribution in [3.63, 3.8) is 0 Å². The van der Waals surface area contributed by atoms with Gasteiger partial charge in [0.05, 0.1) is 10.7 Å². The highest BCUT2D eigenvalue weighted by Crippen LogP contribution is 2.35. The number of rotatable bonds is 4. The Morgan fingerprint density at radius 1 is 1.20 bits per heavy atom. The van der Waals surface area contributed by atoms with Crippen molar-refractivity contribution in [3.8, 4) is 5.75 Å². The van der Waals surface area contributed by atoms with Gasteiger partial charge in [-0.2, -0.15) is 0 Å². The molecule has 2 aromatic carbocycles. The van der Waals surface area contributed by atoms with Crippen LogP contribution in [0.1, 0.15) is 13.8 Å². The standard InChI is InChI=1S/C18H18ClN3O2S/c1-18(2)22(16(23)12-24-15-11-7-6-10-14(15)19)21-17(25-18)20-13-8-4-3-5-9-13/h3-11H,12H2,1-2H3,(H,20,21). The van der Waals surface area contributed by atoms with Crippen LogP contribution < -0.4 is 10.2 Å². The monoisotopic (exact) mass is 375 g/mol. The number of aliphatic imine (C=N–C) groups is 1. The highest BCUT2D eigenvalue weighted by atomic mass is 35.5. The Balaban J connectivity index is 1.68. The minimum atomic E-state index is -0.478. The van der Waals surface area contributed by atoms with E-state index in [9.17, 15) is 4.79 Å². The van der Waals surface area contributed by atoms with Crippen molar-refractivity contribution >= 4 is 40.1 Å². The van der Waals surface area contributed by atoms with Gasteiger partial charge in [0.15, 0.2) is 11.8 Å². The molecule has 1 aliphatic rings. The van der Waals surface area contributed by atoms with Crippen LogP contribution in [0.25, 0.3) is 0 Å². The van der Waals surface area contributed by atoms with Crippen molar-refractivity contribution in [1.82, 2.24) is 10.4 Å². The SMILES string of the molecule is CC1(C)SC(=Nc2ccccc2)NN1C(=O)COc1ccccc1Cl. The molecule has 0 radical (unpaired) electrons. The van der Waals surface area contributed by atoms with E-state index in [2.05, 4.69) is 10.4 Å². The van der Waals surface area contributed by atoms with Gasteiger partial charge in [0, 0.05) is 0 Å². The van der Waals surface area contributed by atoms with Crippen LogP contribution in [0.3, 0.4) is 0 Å². The fraction of sp³-hybridized carbons (Fsp3) is 0.222. The van der Waals surface area contributed by atoms with Crippen molar-refractivity contribution in [1.29, 1.82) is 0 Å². The molecule has 1 aliphatic heterocycles. The number of carbonyl (C=O) groups excluding carboxylic acids is 1. The third kappa shape index (κ3) is 4.27. The van der Waals surface area contributed by atoms with E-state index in [-0.39, 0.29) is 12.5 Å². The molecule has 0 aromatic heterocycles. The second-order valence-corrected chi connectivity index (χ2v) is 7.86. The predicted octanol–water partition coefficient (Wildman–Crippen LogP) is 4.22. The number of amides is 1. The van der Waals surface area contributed by atoms with Crippen molar-refractivity contribution in [2.75, 3.05) is 6.61 Å². The van der Waals surface area contributed by atoms with E-state index in [0.29, 0.717) is 15.9 Å². The van der Waals surface area contributed by atoms with Crippen molar-refractivity contribution in [2.45, 2.75) is 18.7 Å². The van der Waals surface area contributed by atoms with E-state index in [1.165, 1.54) is 16.8 Å². The molecule has 0 unspecified atom stereocenters. The lowest BCUT2D eigenvalue weighted by Crippen LogP contribution is -2.49. The Hall–Kier alpha value is -2.18.